The van der Waals surface area contributed by atoms with Gasteiger partial charge in [-0.15, -0.1) is 0 Å². The summed E-state index contributed by atoms with van der Waals surface area (Å²) >= 11 is 11.8. The van der Waals surface area contributed by atoms with Gasteiger partial charge in [-0.25, -0.2) is 16.8 Å². The van der Waals surface area contributed by atoms with Crippen LogP contribution in [0.3, 0.4) is 0 Å². The maximum Gasteiger partial charge on any atom is 0.244 e. The first-order chi connectivity index (χ1) is 12.2. The van der Waals surface area contributed by atoms with Crippen LogP contribution in [0, 0.1) is 0 Å². The topological polar surface area (TPSA) is 74.8 Å². The third kappa shape index (κ3) is 3.76. The summed E-state index contributed by atoms with van der Waals surface area (Å²) in [6.07, 6.45) is 0. The van der Waals surface area contributed by atoms with Crippen molar-refractivity contribution in [3.63, 3.8) is 0 Å². The van der Waals surface area contributed by atoms with Crippen molar-refractivity contribution in [2.24, 2.45) is 0 Å². The average Bonchev–Trinajstić information content (AvgIpc) is 2.62. The monoisotopic (exact) mass is 434 g/mol. The number of benzene rings is 2. The molecule has 0 N–H and O–H groups in total. The summed E-state index contributed by atoms with van der Waals surface area (Å²) in [6.45, 7) is 0.240. The van der Waals surface area contributed by atoms with Crippen molar-refractivity contribution in [2.75, 3.05) is 26.2 Å². The zero-order valence-corrected chi connectivity index (χ0v) is 16.7. The van der Waals surface area contributed by atoms with Crippen molar-refractivity contribution >= 4 is 43.2 Å². The van der Waals surface area contributed by atoms with Crippen molar-refractivity contribution in [1.29, 1.82) is 0 Å². The zero-order chi connectivity index (χ0) is 18.9. The highest BCUT2D eigenvalue weighted by Gasteiger charge is 2.34. The Morgan fingerprint density at radius 2 is 1.19 bits per heavy atom. The van der Waals surface area contributed by atoms with Crippen LogP contribution in [-0.2, 0) is 20.0 Å². The molecule has 26 heavy (non-hydrogen) atoms. The normalized spacial score (nSPS) is 17.3. The van der Waals surface area contributed by atoms with E-state index in [0.717, 1.165) is 0 Å². The minimum atomic E-state index is -3.77. The molecule has 2 aromatic carbocycles. The maximum absolute atomic E-state index is 12.7. The molecule has 0 bridgehead atoms. The number of piperazine rings is 1. The van der Waals surface area contributed by atoms with Crippen LogP contribution in [0.1, 0.15) is 0 Å². The van der Waals surface area contributed by atoms with E-state index < -0.39 is 20.0 Å². The third-order valence-electron chi connectivity index (χ3n) is 4.10. The lowest BCUT2D eigenvalue weighted by Crippen LogP contribution is -2.50. The van der Waals surface area contributed by atoms with E-state index in [4.69, 9.17) is 23.2 Å². The van der Waals surface area contributed by atoms with Crippen LogP contribution in [0.5, 0.6) is 0 Å². The lowest BCUT2D eigenvalue weighted by atomic mass is 10.4. The van der Waals surface area contributed by atoms with Crippen LogP contribution in [0.4, 0.5) is 0 Å². The van der Waals surface area contributed by atoms with Gasteiger partial charge in [-0.3, -0.25) is 0 Å². The van der Waals surface area contributed by atoms with Gasteiger partial charge in [0, 0.05) is 31.2 Å². The zero-order valence-electron chi connectivity index (χ0n) is 13.5. The van der Waals surface area contributed by atoms with E-state index in [2.05, 4.69) is 0 Å². The first-order valence-electron chi connectivity index (χ1n) is 7.73. The first-order valence-corrected chi connectivity index (χ1v) is 11.4. The lowest BCUT2D eigenvalue weighted by molar-refractivity contribution is 0.273. The minimum absolute atomic E-state index is 0.0238. The van der Waals surface area contributed by atoms with Gasteiger partial charge in [0.05, 0.1) is 9.92 Å². The fourth-order valence-corrected chi connectivity index (χ4v) is 6.16. The predicted molar refractivity (Wildman–Crippen MR) is 100 cm³/mol. The van der Waals surface area contributed by atoms with Gasteiger partial charge in [0.1, 0.15) is 4.90 Å². The van der Waals surface area contributed by atoms with Crippen LogP contribution in [-0.4, -0.2) is 51.6 Å². The lowest BCUT2D eigenvalue weighted by Gasteiger charge is -2.33. The molecule has 3 rings (SSSR count). The molecule has 1 saturated heterocycles. The number of sulfonamides is 2. The van der Waals surface area contributed by atoms with Crippen molar-refractivity contribution in [3.05, 3.63) is 58.6 Å². The summed E-state index contributed by atoms with van der Waals surface area (Å²) in [5.74, 6) is 0. The molecule has 0 aromatic heterocycles. The minimum Gasteiger partial charge on any atom is -0.207 e. The molecule has 140 valence electrons. The number of rotatable bonds is 4. The number of halogens is 2. The molecular weight excluding hydrogens is 419 g/mol. The van der Waals surface area contributed by atoms with Gasteiger partial charge < -0.3 is 0 Å². The summed E-state index contributed by atoms with van der Waals surface area (Å²) in [7, 11) is -7.46. The SMILES string of the molecule is O=S(=O)(c1ccc(Cl)cc1)N1CCN(S(=O)(=O)c2ccccc2Cl)CC1. The predicted octanol–water partition coefficient (Wildman–Crippen LogP) is 2.69. The van der Waals surface area contributed by atoms with Crippen molar-refractivity contribution in [2.45, 2.75) is 9.79 Å². The van der Waals surface area contributed by atoms with Gasteiger partial charge in [-0.1, -0.05) is 35.3 Å². The molecule has 0 radical (unpaired) electrons. The van der Waals surface area contributed by atoms with Gasteiger partial charge in [0.15, 0.2) is 0 Å². The molecule has 1 heterocycles. The van der Waals surface area contributed by atoms with Crippen LogP contribution in [0.2, 0.25) is 10.0 Å². The second-order valence-electron chi connectivity index (χ2n) is 5.69. The van der Waals surface area contributed by atoms with Crippen molar-refractivity contribution < 1.29 is 16.8 Å². The standard InChI is InChI=1S/C16H16Cl2N2O4S2/c17-13-5-7-14(8-6-13)25(21,22)19-9-11-20(12-10-19)26(23,24)16-4-2-1-3-15(16)18/h1-8H,9-12H2. The molecule has 0 atom stereocenters. The van der Waals surface area contributed by atoms with Crippen LogP contribution >= 0.6 is 23.2 Å². The molecule has 1 fully saturated rings. The van der Waals surface area contributed by atoms with E-state index in [9.17, 15) is 16.8 Å². The fourth-order valence-electron chi connectivity index (χ4n) is 2.70. The quantitative estimate of drug-likeness (QED) is 0.740. The summed E-state index contributed by atoms with van der Waals surface area (Å²) in [5, 5.41) is 0.586. The maximum atomic E-state index is 12.7. The summed E-state index contributed by atoms with van der Waals surface area (Å²) < 4.78 is 53.3. The Morgan fingerprint density at radius 1 is 0.692 bits per heavy atom. The highest BCUT2D eigenvalue weighted by atomic mass is 35.5. The Hall–Kier alpha value is -1.16. The second-order valence-corrected chi connectivity index (χ2v) is 10.4. The molecule has 0 saturated carbocycles. The Balaban J connectivity index is 1.77. The Morgan fingerprint density at radius 3 is 1.73 bits per heavy atom. The van der Waals surface area contributed by atoms with Gasteiger partial charge in [0.25, 0.3) is 0 Å². The average molecular weight is 435 g/mol. The van der Waals surface area contributed by atoms with Gasteiger partial charge >= 0.3 is 0 Å². The molecule has 6 nitrogen and oxygen atoms in total. The molecule has 0 aliphatic carbocycles. The third-order valence-corrected chi connectivity index (χ3v) is 8.67. The van der Waals surface area contributed by atoms with Crippen LogP contribution in [0.25, 0.3) is 0 Å². The van der Waals surface area contributed by atoms with Crippen molar-refractivity contribution in [1.82, 2.24) is 8.61 Å². The van der Waals surface area contributed by atoms with Crippen LogP contribution < -0.4 is 0 Å². The van der Waals surface area contributed by atoms with E-state index in [1.165, 1.54) is 45.0 Å². The Bertz CT molecular complexity index is 1000. The fraction of sp³-hybridized carbons (Fsp3) is 0.250. The molecule has 0 spiro atoms. The van der Waals surface area contributed by atoms with E-state index in [0.29, 0.717) is 5.02 Å². The summed E-state index contributed by atoms with van der Waals surface area (Å²) in [6, 6.07) is 12.1. The van der Waals surface area contributed by atoms with E-state index >= 15 is 0 Å². The molecule has 1 aliphatic heterocycles. The molecule has 2 aromatic rings. The van der Waals surface area contributed by atoms with E-state index in [-0.39, 0.29) is 41.0 Å². The van der Waals surface area contributed by atoms with Gasteiger partial charge in [-0.05, 0) is 36.4 Å². The molecule has 0 amide bonds. The number of nitrogens with zero attached hydrogens (tertiary/aromatic N) is 2. The van der Waals surface area contributed by atoms with Gasteiger partial charge in [-0.2, -0.15) is 8.61 Å². The number of hydrogen-bond donors (Lipinski definition) is 0. The molecule has 0 unspecified atom stereocenters. The van der Waals surface area contributed by atoms with E-state index in [1.807, 2.05) is 0 Å². The molecular formula is C16H16Cl2N2O4S2. The largest absolute Gasteiger partial charge is 0.244 e. The Labute approximate surface area is 163 Å². The Kier molecular flexibility index (Phi) is 5.62. The first kappa shape index (κ1) is 19.6. The van der Waals surface area contributed by atoms with Crippen LogP contribution in [0.15, 0.2) is 58.3 Å². The summed E-state index contributed by atoms with van der Waals surface area (Å²) in [4.78, 5) is 0.153. The summed E-state index contributed by atoms with van der Waals surface area (Å²) in [5.41, 5.74) is 0. The smallest absolute Gasteiger partial charge is 0.207 e. The second kappa shape index (κ2) is 7.46. The molecule has 10 heteroatoms. The van der Waals surface area contributed by atoms with Gasteiger partial charge in [0.2, 0.25) is 20.0 Å². The van der Waals surface area contributed by atoms with Crippen molar-refractivity contribution in [3.8, 4) is 0 Å². The highest BCUT2D eigenvalue weighted by molar-refractivity contribution is 7.89. The molecule has 1 aliphatic rings. The number of hydrogen-bond acceptors (Lipinski definition) is 4. The van der Waals surface area contributed by atoms with E-state index in [1.54, 1.807) is 12.1 Å². The highest BCUT2D eigenvalue weighted by Crippen LogP contribution is 2.26.